The molecule has 2 fully saturated rings. The first-order valence-electron chi connectivity index (χ1n) is 7.20. The molecular formula is C16H36O4. The summed E-state index contributed by atoms with van der Waals surface area (Å²) in [5.41, 5.74) is -1.45. The molecule has 0 atom stereocenters. The van der Waals surface area contributed by atoms with Crippen LogP contribution in [0, 0.1) is 0 Å². The van der Waals surface area contributed by atoms with Crippen molar-refractivity contribution in [3.63, 3.8) is 0 Å². The molecule has 4 N–H and O–H groups in total. The van der Waals surface area contributed by atoms with Crippen molar-refractivity contribution in [3.05, 3.63) is 0 Å². The molecule has 2 aliphatic rings. The lowest BCUT2D eigenvalue weighted by atomic mass is 9.86. The lowest BCUT2D eigenvalue weighted by molar-refractivity contribution is -0.0421. The van der Waals surface area contributed by atoms with Gasteiger partial charge in [0.25, 0.3) is 0 Å². The van der Waals surface area contributed by atoms with Gasteiger partial charge in [0, 0.05) is 0 Å². The maximum atomic E-state index is 9.43. The monoisotopic (exact) mass is 292 g/mol. The standard InChI is InChI=1S/2C7H14O2.2CH4/c2*8-6-7(9)4-2-1-3-5-7;;/h2*8-9H,1-6H2;2*1H4. The quantitative estimate of drug-likeness (QED) is 0.630. The minimum absolute atomic E-state index is 0. The highest BCUT2D eigenvalue weighted by molar-refractivity contribution is 4.81. The van der Waals surface area contributed by atoms with E-state index < -0.39 is 11.2 Å². The zero-order chi connectivity index (χ0) is 13.5. The summed E-state index contributed by atoms with van der Waals surface area (Å²) in [6.07, 6.45) is 9.81. The van der Waals surface area contributed by atoms with Crippen LogP contribution in [0.2, 0.25) is 0 Å². The summed E-state index contributed by atoms with van der Waals surface area (Å²) in [5, 5.41) is 36.3. The van der Waals surface area contributed by atoms with Gasteiger partial charge in [-0.15, -0.1) is 0 Å². The average Bonchev–Trinajstić information content (AvgIpc) is 2.41. The Hall–Kier alpha value is -0.160. The van der Waals surface area contributed by atoms with E-state index in [1.165, 1.54) is 12.8 Å². The van der Waals surface area contributed by atoms with E-state index in [9.17, 15) is 10.2 Å². The number of aliphatic hydroxyl groups is 4. The second kappa shape index (κ2) is 10.6. The van der Waals surface area contributed by atoms with Crippen LogP contribution in [0.1, 0.15) is 79.1 Å². The largest absolute Gasteiger partial charge is 0.393 e. The molecule has 2 aliphatic carbocycles. The second-order valence-electron chi connectivity index (χ2n) is 5.89. The molecule has 2 saturated carbocycles. The highest BCUT2D eigenvalue weighted by atomic mass is 16.3. The van der Waals surface area contributed by atoms with Gasteiger partial charge >= 0.3 is 0 Å². The molecular weight excluding hydrogens is 256 g/mol. The third-order valence-corrected chi connectivity index (χ3v) is 4.16. The molecule has 0 spiro atoms. The van der Waals surface area contributed by atoms with Crippen LogP contribution in [-0.4, -0.2) is 44.8 Å². The molecule has 124 valence electrons. The van der Waals surface area contributed by atoms with E-state index in [1.807, 2.05) is 0 Å². The predicted molar refractivity (Wildman–Crippen MR) is 83.7 cm³/mol. The van der Waals surface area contributed by atoms with Gasteiger partial charge in [0.05, 0.1) is 24.4 Å². The Kier molecular flexibility index (Phi) is 11.7. The molecule has 0 aromatic heterocycles. The number of rotatable bonds is 2. The molecule has 4 heteroatoms. The Balaban J connectivity index is 0. The van der Waals surface area contributed by atoms with Gasteiger partial charge < -0.3 is 20.4 Å². The fourth-order valence-corrected chi connectivity index (χ4v) is 2.74. The maximum absolute atomic E-state index is 9.43. The molecule has 0 aliphatic heterocycles. The maximum Gasteiger partial charge on any atom is 0.0877 e. The van der Waals surface area contributed by atoms with Crippen molar-refractivity contribution >= 4 is 0 Å². The van der Waals surface area contributed by atoms with Crippen molar-refractivity contribution in [2.24, 2.45) is 0 Å². The number of aliphatic hydroxyl groups excluding tert-OH is 2. The van der Waals surface area contributed by atoms with Gasteiger partial charge in [-0.1, -0.05) is 53.4 Å². The molecule has 0 aromatic rings. The van der Waals surface area contributed by atoms with Gasteiger partial charge in [-0.25, -0.2) is 0 Å². The second-order valence-corrected chi connectivity index (χ2v) is 5.89. The first-order chi connectivity index (χ1) is 8.54. The Morgan fingerprint density at radius 2 is 0.800 bits per heavy atom. The van der Waals surface area contributed by atoms with Crippen molar-refractivity contribution in [1.29, 1.82) is 0 Å². The zero-order valence-corrected chi connectivity index (χ0v) is 11.3. The zero-order valence-electron chi connectivity index (χ0n) is 11.3. The predicted octanol–water partition coefficient (Wildman–Crippen LogP) is 2.62. The van der Waals surface area contributed by atoms with Gasteiger partial charge in [-0.3, -0.25) is 0 Å². The molecule has 0 heterocycles. The van der Waals surface area contributed by atoms with E-state index in [1.54, 1.807) is 0 Å². The summed E-state index contributed by atoms with van der Waals surface area (Å²) in [6.45, 7) is -0.125. The molecule has 4 nitrogen and oxygen atoms in total. The smallest absolute Gasteiger partial charge is 0.0877 e. The van der Waals surface area contributed by atoms with Crippen LogP contribution in [0.25, 0.3) is 0 Å². The van der Waals surface area contributed by atoms with Gasteiger partial charge in [-0.05, 0) is 25.7 Å². The molecule has 0 amide bonds. The SMILES string of the molecule is C.C.OCC1(O)CCCCC1.OCC1(O)CCCCC1. The summed E-state index contributed by atoms with van der Waals surface area (Å²) in [5.74, 6) is 0. The van der Waals surface area contributed by atoms with E-state index in [0.717, 1.165) is 51.4 Å². The van der Waals surface area contributed by atoms with E-state index >= 15 is 0 Å². The van der Waals surface area contributed by atoms with Crippen molar-refractivity contribution in [2.45, 2.75) is 90.3 Å². The fourth-order valence-electron chi connectivity index (χ4n) is 2.74. The first kappa shape index (κ1) is 22.1. The number of hydrogen-bond acceptors (Lipinski definition) is 4. The Morgan fingerprint density at radius 1 is 0.550 bits per heavy atom. The van der Waals surface area contributed by atoms with Crippen molar-refractivity contribution < 1.29 is 20.4 Å². The normalized spacial score (nSPS) is 23.4. The molecule has 0 unspecified atom stereocenters. The molecule has 20 heavy (non-hydrogen) atoms. The Bertz CT molecular complexity index is 195. The van der Waals surface area contributed by atoms with Gasteiger partial charge in [0.15, 0.2) is 0 Å². The van der Waals surface area contributed by atoms with Gasteiger partial charge in [0.1, 0.15) is 0 Å². The summed E-state index contributed by atoms with van der Waals surface area (Å²) >= 11 is 0. The number of hydrogen-bond donors (Lipinski definition) is 4. The molecule has 0 bridgehead atoms. The van der Waals surface area contributed by atoms with E-state index in [0.29, 0.717) is 0 Å². The minimum atomic E-state index is -0.724. The van der Waals surface area contributed by atoms with Crippen LogP contribution >= 0.6 is 0 Å². The highest BCUT2D eigenvalue weighted by Crippen LogP contribution is 2.27. The van der Waals surface area contributed by atoms with E-state index in [2.05, 4.69) is 0 Å². The van der Waals surface area contributed by atoms with Crippen LogP contribution in [0.5, 0.6) is 0 Å². The van der Waals surface area contributed by atoms with E-state index in [4.69, 9.17) is 10.2 Å². The van der Waals surface area contributed by atoms with Crippen LogP contribution in [0.3, 0.4) is 0 Å². The van der Waals surface area contributed by atoms with Crippen LogP contribution in [0.15, 0.2) is 0 Å². The lowest BCUT2D eigenvalue weighted by Crippen LogP contribution is -2.35. The summed E-state index contributed by atoms with van der Waals surface area (Å²) in [7, 11) is 0. The summed E-state index contributed by atoms with van der Waals surface area (Å²) in [4.78, 5) is 0. The van der Waals surface area contributed by atoms with Crippen LogP contribution < -0.4 is 0 Å². The molecule has 0 saturated heterocycles. The van der Waals surface area contributed by atoms with E-state index in [-0.39, 0.29) is 28.1 Å². The Morgan fingerprint density at radius 3 is 0.950 bits per heavy atom. The topological polar surface area (TPSA) is 80.9 Å². The van der Waals surface area contributed by atoms with Crippen molar-refractivity contribution in [1.82, 2.24) is 0 Å². The van der Waals surface area contributed by atoms with Crippen molar-refractivity contribution in [2.75, 3.05) is 13.2 Å². The highest BCUT2D eigenvalue weighted by Gasteiger charge is 2.28. The van der Waals surface area contributed by atoms with Crippen LogP contribution in [-0.2, 0) is 0 Å². The Labute approximate surface area is 124 Å². The third kappa shape index (κ3) is 7.58. The molecule has 0 aromatic carbocycles. The van der Waals surface area contributed by atoms with Crippen LogP contribution in [0.4, 0.5) is 0 Å². The van der Waals surface area contributed by atoms with Gasteiger partial charge in [-0.2, -0.15) is 0 Å². The van der Waals surface area contributed by atoms with Crippen molar-refractivity contribution in [3.8, 4) is 0 Å². The fraction of sp³-hybridized carbons (Fsp3) is 1.00. The third-order valence-electron chi connectivity index (χ3n) is 4.16. The summed E-state index contributed by atoms with van der Waals surface area (Å²) in [6, 6.07) is 0. The molecule has 0 radical (unpaired) electrons. The average molecular weight is 292 g/mol. The van der Waals surface area contributed by atoms with Gasteiger partial charge in [0.2, 0.25) is 0 Å². The summed E-state index contributed by atoms with van der Waals surface area (Å²) < 4.78 is 0. The lowest BCUT2D eigenvalue weighted by Gasteiger charge is -2.29. The minimum Gasteiger partial charge on any atom is -0.393 e. The first-order valence-corrected chi connectivity index (χ1v) is 7.20. The molecule has 2 rings (SSSR count).